The van der Waals surface area contributed by atoms with Crippen LogP contribution in [0.5, 0.6) is 0 Å². The Morgan fingerprint density at radius 2 is 1.45 bits per heavy atom. The molecule has 3 amide bonds. The molecule has 12 nitrogen and oxygen atoms in total. The lowest BCUT2D eigenvalue weighted by Gasteiger charge is -2.28. The maximum atomic E-state index is 13.6. The van der Waals surface area contributed by atoms with E-state index in [1.54, 1.807) is 12.4 Å². The number of nitrogens with zero attached hydrogens (tertiary/aromatic N) is 1. The van der Waals surface area contributed by atoms with Gasteiger partial charge in [-0.2, -0.15) is 0 Å². The molecular weight excluding hydrogens is 540 g/mol. The van der Waals surface area contributed by atoms with Crippen LogP contribution in [0.1, 0.15) is 24.0 Å². The molecular formula is C30H34N6O6. The molecule has 1 fully saturated rings. The number of aliphatic carboxylic acids is 1. The molecule has 0 bridgehead atoms. The van der Waals surface area contributed by atoms with E-state index in [0.717, 1.165) is 32.9 Å². The van der Waals surface area contributed by atoms with Crippen molar-refractivity contribution in [3.63, 3.8) is 0 Å². The molecule has 4 atom stereocenters. The van der Waals surface area contributed by atoms with Crippen LogP contribution < -0.4 is 16.4 Å². The third kappa shape index (κ3) is 5.99. The van der Waals surface area contributed by atoms with E-state index in [2.05, 4.69) is 20.6 Å². The number of carbonyl (C=O) groups excluding carboxylic acids is 3. The number of aromatic amines is 2. The second-order valence-electron chi connectivity index (χ2n) is 10.6. The highest BCUT2D eigenvalue weighted by Gasteiger charge is 2.38. The van der Waals surface area contributed by atoms with Gasteiger partial charge in [-0.25, -0.2) is 4.79 Å². The molecule has 8 N–H and O–H groups in total. The summed E-state index contributed by atoms with van der Waals surface area (Å²) in [5.74, 6) is -3.07. The van der Waals surface area contributed by atoms with Gasteiger partial charge in [-0.3, -0.25) is 14.4 Å². The fourth-order valence-corrected chi connectivity index (χ4v) is 5.58. The number of rotatable bonds is 11. The average Bonchev–Trinajstić information content (AvgIpc) is 3.74. The van der Waals surface area contributed by atoms with Gasteiger partial charge < -0.3 is 41.4 Å². The van der Waals surface area contributed by atoms with Crippen LogP contribution >= 0.6 is 0 Å². The number of nitrogens with two attached hydrogens (primary N) is 1. The van der Waals surface area contributed by atoms with Crippen LogP contribution in [0.2, 0.25) is 0 Å². The standard InChI is InChI=1S/C30H34N6O6/c31-21(12-17-14-32-22-8-3-1-6-19(17)22)27(38)35-25(16-37)28(39)34-24(29(40)36-11-5-10-26(36)30(41)42)13-18-15-33-23-9-4-2-7-20(18)23/h1-4,6-9,14-15,21,24-26,32-33,37H,5,10-13,16,31H2,(H,34,39)(H,35,38)(H,41,42). The Hall–Kier alpha value is -4.68. The predicted octanol–water partition coefficient (Wildman–Crippen LogP) is 0.799. The van der Waals surface area contributed by atoms with E-state index >= 15 is 0 Å². The number of nitrogens with one attached hydrogen (secondary N) is 4. The average molecular weight is 575 g/mol. The first-order valence-corrected chi connectivity index (χ1v) is 13.9. The molecule has 4 unspecified atom stereocenters. The summed E-state index contributed by atoms with van der Waals surface area (Å²) in [6.07, 6.45) is 4.63. The molecule has 3 heterocycles. The van der Waals surface area contributed by atoms with Gasteiger partial charge in [0.15, 0.2) is 0 Å². The van der Waals surface area contributed by atoms with Crippen molar-refractivity contribution in [2.24, 2.45) is 5.73 Å². The fraction of sp³-hybridized carbons (Fsp3) is 0.333. The van der Waals surface area contributed by atoms with E-state index in [0.29, 0.717) is 12.8 Å². The summed E-state index contributed by atoms with van der Waals surface area (Å²) in [7, 11) is 0. The van der Waals surface area contributed by atoms with Gasteiger partial charge in [-0.1, -0.05) is 36.4 Å². The molecule has 0 spiro atoms. The lowest BCUT2D eigenvalue weighted by atomic mass is 10.0. The number of para-hydroxylation sites is 2. The number of carboxylic acid groups (broad SMARTS) is 1. The zero-order chi connectivity index (χ0) is 29.8. The summed E-state index contributed by atoms with van der Waals surface area (Å²) in [5, 5.41) is 26.6. The van der Waals surface area contributed by atoms with Crippen LogP contribution in [-0.4, -0.2) is 86.1 Å². The van der Waals surface area contributed by atoms with E-state index in [-0.39, 0.29) is 19.4 Å². The number of carbonyl (C=O) groups is 4. The van der Waals surface area contributed by atoms with Crippen molar-refractivity contribution < 1.29 is 29.4 Å². The van der Waals surface area contributed by atoms with Gasteiger partial charge in [0.25, 0.3) is 0 Å². The molecule has 0 radical (unpaired) electrons. The number of carboxylic acids is 1. The predicted molar refractivity (Wildman–Crippen MR) is 155 cm³/mol. The monoisotopic (exact) mass is 574 g/mol. The quantitative estimate of drug-likeness (QED) is 0.138. The second-order valence-corrected chi connectivity index (χ2v) is 10.6. The molecule has 42 heavy (non-hydrogen) atoms. The summed E-state index contributed by atoms with van der Waals surface area (Å²) in [6, 6.07) is 10.6. The second kappa shape index (κ2) is 12.5. The number of amides is 3. The smallest absolute Gasteiger partial charge is 0.326 e. The lowest BCUT2D eigenvalue weighted by Crippen LogP contribution is -2.58. The minimum atomic E-state index is -1.38. The van der Waals surface area contributed by atoms with Crippen LogP contribution in [0.15, 0.2) is 60.9 Å². The third-order valence-corrected chi connectivity index (χ3v) is 7.80. The third-order valence-electron chi connectivity index (χ3n) is 7.80. The summed E-state index contributed by atoms with van der Waals surface area (Å²) < 4.78 is 0. The first-order valence-electron chi connectivity index (χ1n) is 13.9. The molecule has 0 saturated carbocycles. The van der Waals surface area contributed by atoms with Gasteiger partial charge in [0.1, 0.15) is 18.1 Å². The van der Waals surface area contributed by atoms with E-state index < -0.39 is 54.5 Å². The Balaban J connectivity index is 1.31. The number of fused-ring (bicyclic) bond motifs is 2. The maximum absolute atomic E-state index is 13.6. The topological polar surface area (TPSA) is 194 Å². The van der Waals surface area contributed by atoms with Gasteiger partial charge in [0.05, 0.1) is 12.6 Å². The van der Waals surface area contributed by atoms with Crippen LogP contribution in [-0.2, 0) is 32.0 Å². The summed E-state index contributed by atoms with van der Waals surface area (Å²) in [5.41, 5.74) is 9.50. The number of aliphatic hydroxyl groups excluding tert-OH is 1. The van der Waals surface area contributed by atoms with Gasteiger partial charge >= 0.3 is 5.97 Å². The molecule has 2 aromatic heterocycles. The highest BCUT2D eigenvalue weighted by Crippen LogP contribution is 2.23. The van der Waals surface area contributed by atoms with Gasteiger partial charge in [0.2, 0.25) is 17.7 Å². The minimum Gasteiger partial charge on any atom is -0.480 e. The maximum Gasteiger partial charge on any atom is 0.326 e. The molecule has 1 saturated heterocycles. The first-order chi connectivity index (χ1) is 20.3. The van der Waals surface area contributed by atoms with Crippen molar-refractivity contribution in [2.45, 2.75) is 49.9 Å². The number of hydrogen-bond acceptors (Lipinski definition) is 6. The van der Waals surface area contributed by atoms with E-state index in [9.17, 15) is 29.4 Å². The number of hydrogen-bond donors (Lipinski definition) is 7. The Bertz CT molecular complexity index is 1610. The van der Waals surface area contributed by atoms with Crippen molar-refractivity contribution in [3.8, 4) is 0 Å². The summed E-state index contributed by atoms with van der Waals surface area (Å²) >= 11 is 0. The van der Waals surface area contributed by atoms with Crippen molar-refractivity contribution in [2.75, 3.05) is 13.2 Å². The van der Waals surface area contributed by atoms with Gasteiger partial charge in [-0.15, -0.1) is 0 Å². The SMILES string of the molecule is NC(Cc1c[nH]c2ccccc12)C(=O)NC(CO)C(=O)NC(Cc1c[nH]c2ccccc12)C(=O)N1CCCC1C(=O)O. The van der Waals surface area contributed by atoms with Crippen LogP contribution in [0.25, 0.3) is 21.8 Å². The molecule has 1 aliphatic rings. The Morgan fingerprint density at radius 3 is 2.05 bits per heavy atom. The summed E-state index contributed by atoms with van der Waals surface area (Å²) in [4.78, 5) is 59.3. The Labute approximate surface area is 241 Å². The number of aliphatic hydroxyl groups is 1. The van der Waals surface area contributed by atoms with Gasteiger partial charge in [0, 0.05) is 47.2 Å². The lowest BCUT2D eigenvalue weighted by molar-refractivity contribution is -0.149. The number of likely N-dealkylation sites (tertiary alicyclic amines) is 1. The zero-order valence-corrected chi connectivity index (χ0v) is 22.9. The van der Waals surface area contributed by atoms with E-state index in [1.807, 2.05) is 48.5 Å². The number of H-pyrrole nitrogens is 2. The van der Waals surface area contributed by atoms with Crippen LogP contribution in [0, 0.1) is 0 Å². The largest absolute Gasteiger partial charge is 0.480 e. The number of aromatic nitrogens is 2. The van der Waals surface area contributed by atoms with Gasteiger partial charge in [-0.05, 0) is 42.5 Å². The molecule has 0 aliphatic carbocycles. The molecule has 1 aliphatic heterocycles. The molecule has 5 rings (SSSR count). The van der Waals surface area contributed by atoms with Crippen molar-refractivity contribution in [1.29, 1.82) is 0 Å². The van der Waals surface area contributed by atoms with Crippen molar-refractivity contribution in [1.82, 2.24) is 25.5 Å². The van der Waals surface area contributed by atoms with Crippen LogP contribution in [0.3, 0.4) is 0 Å². The zero-order valence-electron chi connectivity index (χ0n) is 22.9. The summed E-state index contributed by atoms with van der Waals surface area (Å²) in [6.45, 7) is -0.480. The van der Waals surface area contributed by atoms with E-state index in [1.165, 1.54) is 4.90 Å². The number of benzene rings is 2. The first kappa shape index (κ1) is 28.8. The highest BCUT2D eigenvalue weighted by molar-refractivity contribution is 5.95. The van der Waals surface area contributed by atoms with E-state index in [4.69, 9.17) is 5.73 Å². The van der Waals surface area contributed by atoms with Crippen LogP contribution in [0.4, 0.5) is 0 Å². The highest BCUT2D eigenvalue weighted by atomic mass is 16.4. The normalized spacial score (nSPS) is 17.2. The molecule has 2 aromatic carbocycles. The van der Waals surface area contributed by atoms with Crippen molar-refractivity contribution >= 4 is 45.5 Å². The molecule has 220 valence electrons. The molecule has 12 heteroatoms. The fourth-order valence-electron chi connectivity index (χ4n) is 5.58. The Kier molecular flexibility index (Phi) is 8.55. The Morgan fingerprint density at radius 1 is 0.881 bits per heavy atom. The van der Waals surface area contributed by atoms with Crippen molar-refractivity contribution in [3.05, 3.63) is 72.1 Å². The minimum absolute atomic E-state index is 0.0730. The molecule has 4 aromatic rings.